The van der Waals surface area contributed by atoms with Gasteiger partial charge in [-0.2, -0.15) is 0 Å². The second kappa shape index (κ2) is 9.27. The number of urea groups is 1. The van der Waals surface area contributed by atoms with Crippen LogP contribution in [-0.2, 0) is 9.53 Å². The van der Waals surface area contributed by atoms with Gasteiger partial charge in [0.15, 0.2) is 0 Å². The summed E-state index contributed by atoms with van der Waals surface area (Å²) >= 11 is 0. The number of furan rings is 1. The van der Waals surface area contributed by atoms with Crippen LogP contribution in [0.5, 0.6) is 0 Å². The maximum Gasteiger partial charge on any atom is 0.338 e. The molecule has 0 saturated carbocycles. The molecule has 1 aromatic heterocycles. The molecule has 0 aliphatic carbocycles. The number of carbonyl (C=O) groups is 2. The first kappa shape index (κ1) is 19.1. The predicted octanol–water partition coefficient (Wildman–Crippen LogP) is 2.57. The van der Waals surface area contributed by atoms with Crippen molar-refractivity contribution in [3.05, 3.63) is 35.4 Å². The summed E-state index contributed by atoms with van der Waals surface area (Å²) in [7, 11) is 0. The largest absolute Gasteiger partial charge is 0.467 e. The smallest absolute Gasteiger partial charge is 0.338 e. The SMILES string of the molecule is CCCCN(CC)CC1=C(C(=O)OCC)C(c2ccco2)NC(=O)N1. The third kappa shape index (κ3) is 4.85. The van der Waals surface area contributed by atoms with E-state index >= 15 is 0 Å². The normalized spacial score (nSPS) is 17.4. The highest BCUT2D eigenvalue weighted by atomic mass is 16.5. The number of ether oxygens (including phenoxy) is 1. The number of hydrogen-bond acceptors (Lipinski definition) is 5. The number of esters is 1. The van der Waals surface area contributed by atoms with Gasteiger partial charge in [0.1, 0.15) is 11.8 Å². The Bertz CT molecular complexity index is 610. The van der Waals surface area contributed by atoms with Crippen molar-refractivity contribution in [1.29, 1.82) is 0 Å². The third-order valence-corrected chi connectivity index (χ3v) is 4.13. The summed E-state index contributed by atoms with van der Waals surface area (Å²) in [5.74, 6) is 0.0601. The number of amides is 2. The first-order valence-electron chi connectivity index (χ1n) is 8.84. The van der Waals surface area contributed by atoms with Gasteiger partial charge in [-0.05, 0) is 38.6 Å². The molecule has 2 N–H and O–H groups in total. The molecular weight excluding hydrogens is 322 g/mol. The molecule has 0 aromatic carbocycles. The molecule has 0 spiro atoms. The maximum absolute atomic E-state index is 12.6. The molecule has 0 bridgehead atoms. The van der Waals surface area contributed by atoms with Crippen LogP contribution in [-0.4, -0.2) is 43.1 Å². The predicted molar refractivity (Wildman–Crippen MR) is 93.8 cm³/mol. The van der Waals surface area contributed by atoms with Crippen molar-refractivity contribution in [2.24, 2.45) is 0 Å². The lowest BCUT2D eigenvalue weighted by atomic mass is 9.99. The fraction of sp³-hybridized carbons (Fsp3) is 0.556. The van der Waals surface area contributed by atoms with Gasteiger partial charge in [0.05, 0.1) is 18.4 Å². The molecule has 2 heterocycles. The zero-order chi connectivity index (χ0) is 18.2. The molecule has 25 heavy (non-hydrogen) atoms. The van der Waals surface area contributed by atoms with E-state index in [2.05, 4.69) is 29.4 Å². The lowest BCUT2D eigenvalue weighted by molar-refractivity contribution is -0.139. The summed E-state index contributed by atoms with van der Waals surface area (Å²) in [6, 6.07) is 2.46. The Labute approximate surface area is 148 Å². The Balaban J connectivity index is 2.37. The summed E-state index contributed by atoms with van der Waals surface area (Å²) < 4.78 is 10.6. The molecule has 1 atom stereocenters. The fourth-order valence-electron chi connectivity index (χ4n) is 2.82. The Morgan fingerprint density at radius 3 is 2.76 bits per heavy atom. The fourth-order valence-corrected chi connectivity index (χ4v) is 2.82. The first-order chi connectivity index (χ1) is 12.1. The first-order valence-corrected chi connectivity index (χ1v) is 8.84. The van der Waals surface area contributed by atoms with E-state index in [1.165, 1.54) is 6.26 Å². The molecule has 1 aliphatic heterocycles. The number of unbranched alkanes of at least 4 members (excludes halogenated alkanes) is 1. The number of carbonyl (C=O) groups excluding carboxylic acids is 2. The average Bonchev–Trinajstić information content (AvgIpc) is 3.12. The lowest BCUT2D eigenvalue weighted by Crippen LogP contribution is -2.48. The molecular formula is C18H27N3O4. The summed E-state index contributed by atoms with van der Waals surface area (Å²) in [6.07, 6.45) is 3.67. The minimum absolute atomic E-state index is 0.266. The van der Waals surface area contributed by atoms with E-state index in [0.29, 0.717) is 23.6 Å². The standard InChI is InChI=1S/C18H27N3O4/c1-4-7-10-21(5-2)12-13-15(17(22)24-6-3)16(20-18(23)19-13)14-9-8-11-25-14/h8-9,11,16H,4-7,10,12H2,1-3H3,(H2,19,20,23). The molecule has 0 fully saturated rings. The van der Waals surface area contributed by atoms with Crippen LogP contribution in [0.25, 0.3) is 0 Å². The highest BCUT2D eigenvalue weighted by molar-refractivity contribution is 5.95. The topological polar surface area (TPSA) is 83.8 Å². The van der Waals surface area contributed by atoms with E-state index < -0.39 is 12.0 Å². The van der Waals surface area contributed by atoms with Crippen LogP contribution in [0, 0.1) is 0 Å². The third-order valence-electron chi connectivity index (χ3n) is 4.13. The van der Waals surface area contributed by atoms with Crippen LogP contribution in [0.2, 0.25) is 0 Å². The minimum Gasteiger partial charge on any atom is -0.467 e. The quantitative estimate of drug-likeness (QED) is 0.670. The highest BCUT2D eigenvalue weighted by Crippen LogP contribution is 2.28. The molecule has 1 aromatic rings. The summed E-state index contributed by atoms with van der Waals surface area (Å²) in [6.45, 7) is 8.44. The van der Waals surface area contributed by atoms with Crippen molar-refractivity contribution in [2.45, 2.75) is 39.7 Å². The van der Waals surface area contributed by atoms with Crippen molar-refractivity contribution in [1.82, 2.24) is 15.5 Å². The Morgan fingerprint density at radius 1 is 1.36 bits per heavy atom. The molecule has 0 radical (unpaired) electrons. The van der Waals surface area contributed by atoms with Gasteiger partial charge in [-0.25, -0.2) is 9.59 Å². The van der Waals surface area contributed by atoms with Crippen molar-refractivity contribution in [3.63, 3.8) is 0 Å². The Morgan fingerprint density at radius 2 is 2.16 bits per heavy atom. The van der Waals surface area contributed by atoms with Crippen molar-refractivity contribution < 1.29 is 18.7 Å². The van der Waals surface area contributed by atoms with Crippen LogP contribution < -0.4 is 10.6 Å². The second-order valence-corrected chi connectivity index (χ2v) is 5.88. The van der Waals surface area contributed by atoms with Crippen molar-refractivity contribution >= 4 is 12.0 Å². The molecule has 1 unspecified atom stereocenters. The van der Waals surface area contributed by atoms with Gasteiger partial charge >= 0.3 is 12.0 Å². The van der Waals surface area contributed by atoms with E-state index in [0.717, 1.165) is 25.9 Å². The molecule has 7 nitrogen and oxygen atoms in total. The number of nitrogens with zero attached hydrogens (tertiary/aromatic N) is 1. The average molecular weight is 349 g/mol. The maximum atomic E-state index is 12.6. The monoisotopic (exact) mass is 349 g/mol. The van der Waals surface area contributed by atoms with Crippen LogP contribution in [0.4, 0.5) is 4.79 Å². The highest BCUT2D eigenvalue weighted by Gasteiger charge is 2.35. The molecule has 138 valence electrons. The van der Waals surface area contributed by atoms with Crippen LogP contribution in [0.15, 0.2) is 34.1 Å². The van der Waals surface area contributed by atoms with E-state index in [4.69, 9.17) is 9.15 Å². The zero-order valence-corrected chi connectivity index (χ0v) is 15.1. The van der Waals surface area contributed by atoms with E-state index in [9.17, 15) is 9.59 Å². The Hall–Kier alpha value is -2.28. The number of nitrogens with one attached hydrogen (secondary N) is 2. The second-order valence-electron chi connectivity index (χ2n) is 5.88. The van der Waals surface area contributed by atoms with Crippen molar-refractivity contribution in [3.8, 4) is 0 Å². The van der Waals surface area contributed by atoms with Gasteiger partial charge < -0.3 is 19.8 Å². The van der Waals surface area contributed by atoms with Gasteiger partial charge in [0.25, 0.3) is 0 Å². The van der Waals surface area contributed by atoms with Gasteiger partial charge in [-0.15, -0.1) is 0 Å². The van der Waals surface area contributed by atoms with Crippen LogP contribution >= 0.6 is 0 Å². The number of rotatable bonds is 9. The van der Waals surface area contributed by atoms with E-state index in [1.807, 2.05) is 0 Å². The summed E-state index contributed by atoms with van der Waals surface area (Å²) in [4.78, 5) is 26.9. The van der Waals surface area contributed by atoms with Crippen LogP contribution in [0.3, 0.4) is 0 Å². The lowest BCUT2D eigenvalue weighted by Gasteiger charge is -2.30. The van der Waals surface area contributed by atoms with E-state index in [1.54, 1.807) is 19.1 Å². The van der Waals surface area contributed by atoms with Gasteiger partial charge in [-0.1, -0.05) is 20.3 Å². The van der Waals surface area contributed by atoms with Crippen molar-refractivity contribution in [2.75, 3.05) is 26.2 Å². The molecule has 7 heteroatoms. The molecule has 2 rings (SSSR count). The minimum atomic E-state index is -0.650. The summed E-state index contributed by atoms with van der Waals surface area (Å²) in [5, 5.41) is 5.54. The Kier molecular flexibility index (Phi) is 7.06. The number of hydrogen-bond donors (Lipinski definition) is 2. The number of likely N-dealkylation sites (N-methyl/N-ethyl adjacent to an activating group) is 1. The zero-order valence-electron chi connectivity index (χ0n) is 15.1. The summed E-state index contributed by atoms with van der Waals surface area (Å²) in [5.41, 5.74) is 0.966. The molecule has 0 saturated heterocycles. The van der Waals surface area contributed by atoms with E-state index in [-0.39, 0.29) is 12.6 Å². The van der Waals surface area contributed by atoms with Crippen LogP contribution in [0.1, 0.15) is 45.4 Å². The molecule has 2 amide bonds. The van der Waals surface area contributed by atoms with Gasteiger partial charge in [-0.3, -0.25) is 4.90 Å². The van der Waals surface area contributed by atoms with Gasteiger partial charge in [0.2, 0.25) is 0 Å². The molecule has 1 aliphatic rings. The van der Waals surface area contributed by atoms with Gasteiger partial charge in [0, 0.05) is 12.2 Å².